The van der Waals surface area contributed by atoms with Gasteiger partial charge < -0.3 is 4.74 Å². The first kappa shape index (κ1) is 10.2. The summed E-state index contributed by atoms with van der Waals surface area (Å²) in [6.07, 6.45) is 1.80. The van der Waals surface area contributed by atoms with Gasteiger partial charge in [-0.1, -0.05) is 11.6 Å². The molecule has 0 saturated carbocycles. The van der Waals surface area contributed by atoms with Gasteiger partial charge in [0.2, 0.25) is 0 Å². The molecule has 3 nitrogen and oxygen atoms in total. The van der Waals surface area contributed by atoms with Crippen LogP contribution in [0.1, 0.15) is 13.8 Å². The van der Waals surface area contributed by atoms with Crippen LogP contribution in [0.25, 0.3) is 0 Å². The molecule has 62 valence electrons. The van der Waals surface area contributed by atoms with Gasteiger partial charge in [0.1, 0.15) is 0 Å². The van der Waals surface area contributed by atoms with E-state index in [9.17, 15) is 9.59 Å². The molecule has 0 amide bonds. The molecule has 4 heteroatoms. The zero-order valence-electron chi connectivity index (χ0n) is 6.33. The standard InChI is InChI=1S/C7H9ClO3/c1-6(10)11-7(2,5-9)3-4-8/h3-5H,1-2H3/b4-3+. The van der Waals surface area contributed by atoms with Crippen LogP contribution in [0.5, 0.6) is 0 Å². The zero-order valence-corrected chi connectivity index (χ0v) is 7.09. The van der Waals surface area contributed by atoms with Gasteiger partial charge in [-0.15, -0.1) is 0 Å². The van der Waals surface area contributed by atoms with E-state index in [1.165, 1.54) is 19.9 Å². The molecule has 0 fully saturated rings. The monoisotopic (exact) mass is 176 g/mol. The highest BCUT2D eigenvalue weighted by Gasteiger charge is 2.22. The van der Waals surface area contributed by atoms with Crippen LogP contribution in [0.3, 0.4) is 0 Å². The average molecular weight is 177 g/mol. The van der Waals surface area contributed by atoms with E-state index in [0.717, 1.165) is 5.54 Å². The van der Waals surface area contributed by atoms with E-state index in [1.54, 1.807) is 0 Å². The number of aldehydes is 1. The van der Waals surface area contributed by atoms with Crippen LogP contribution in [0.4, 0.5) is 0 Å². The van der Waals surface area contributed by atoms with Gasteiger partial charge in [-0.2, -0.15) is 0 Å². The summed E-state index contributed by atoms with van der Waals surface area (Å²) in [5.41, 5.74) is -0.0923. The minimum Gasteiger partial charge on any atom is -0.447 e. The molecule has 0 aromatic carbocycles. The predicted octanol–water partition coefficient (Wildman–Crippen LogP) is 1.26. The van der Waals surface area contributed by atoms with Crippen molar-refractivity contribution < 1.29 is 14.3 Å². The smallest absolute Gasteiger partial charge is 0.303 e. The molecule has 0 spiro atoms. The Hall–Kier alpha value is -0.830. The maximum atomic E-state index is 10.4. The summed E-state index contributed by atoms with van der Waals surface area (Å²) >= 11 is 5.22. The maximum Gasteiger partial charge on any atom is 0.303 e. The van der Waals surface area contributed by atoms with E-state index in [-0.39, 0.29) is 0 Å². The lowest BCUT2D eigenvalue weighted by Gasteiger charge is -2.17. The van der Waals surface area contributed by atoms with E-state index in [4.69, 9.17) is 11.6 Å². The predicted molar refractivity (Wildman–Crippen MR) is 41.2 cm³/mol. The lowest BCUT2D eigenvalue weighted by Crippen LogP contribution is -2.29. The molecule has 0 aliphatic heterocycles. The summed E-state index contributed by atoms with van der Waals surface area (Å²) < 4.78 is 4.65. The van der Waals surface area contributed by atoms with Gasteiger partial charge in [0.05, 0.1) is 0 Å². The number of ether oxygens (including phenoxy) is 1. The first-order valence-corrected chi connectivity index (χ1v) is 3.41. The number of carbonyl (C=O) groups excluding carboxylic acids is 2. The number of hydrogen-bond donors (Lipinski definition) is 0. The third kappa shape index (κ3) is 3.78. The summed E-state index contributed by atoms with van der Waals surface area (Å²) in [6.45, 7) is 2.67. The van der Waals surface area contributed by atoms with Crippen molar-refractivity contribution in [3.8, 4) is 0 Å². The fraction of sp³-hybridized carbons (Fsp3) is 0.429. The SMILES string of the molecule is CC(=O)OC(C)(C=O)/C=C/Cl. The maximum absolute atomic E-state index is 10.4. The molecular formula is C7H9ClO3. The lowest BCUT2D eigenvalue weighted by molar-refractivity contribution is -0.154. The second-order valence-electron chi connectivity index (χ2n) is 2.19. The Morgan fingerprint density at radius 2 is 2.18 bits per heavy atom. The Kier molecular flexibility index (Phi) is 3.82. The molecule has 0 radical (unpaired) electrons. The summed E-state index contributed by atoms with van der Waals surface area (Å²) in [4.78, 5) is 20.8. The highest BCUT2D eigenvalue weighted by molar-refractivity contribution is 6.25. The molecule has 0 aromatic rings. The van der Waals surface area contributed by atoms with E-state index in [0.29, 0.717) is 6.29 Å². The Labute approximate surface area is 70.0 Å². The van der Waals surface area contributed by atoms with Gasteiger partial charge in [-0.05, 0) is 13.0 Å². The molecule has 0 N–H and O–H groups in total. The van der Waals surface area contributed by atoms with Crippen LogP contribution < -0.4 is 0 Å². The molecule has 11 heavy (non-hydrogen) atoms. The van der Waals surface area contributed by atoms with Crippen molar-refractivity contribution in [1.82, 2.24) is 0 Å². The minimum atomic E-state index is -1.23. The number of hydrogen-bond acceptors (Lipinski definition) is 3. The van der Waals surface area contributed by atoms with Crippen LogP contribution in [0.15, 0.2) is 11.6 Å². The van der Waals surface area contributed by atoms with Crippen LogP contribution in [0.2, 0.25) is 0 Å². The summed E-state index contributed by atoms with van der Waals surface area (Å²) in [5, 5.41) is 0. The molecule has 0 saturated heterocycles. The van der Waals surface area contributed by atoms with Gasteiger partial charge in [0.15, 0.2) is 11.9 Å². The van der Waals surface area contributed by atoms with Crippen LogP contribution in [-0.4, -0.2) is 17.9 Å². The number of esters is 1. The third-order valence-corrected chi connectivity index (χ3v) is 1.12. The molecule has 0 heterocycles. The van der Waals surface area contributed by atoms with Crippen LogP contribution >= 0.6 is 11.6 Å². The normalized spacial score (nSPS) is 15.9. The molecular weight excluding hydrogens is 168 g/mol. The number of carbonyl (C=O) groups is 2. The molecule has 0 bridgehead atoms. The van der Waals surface area contributed by atoms with E-state index in [1.807, 2.05) is 0 Å². The van der Waals surface area contributed by atoms with Crippen molar-refractivity contribution in [2.45, 2.75) is 19.4 Å². The minimum absolute atomic E-state index is 0.507. The molecule has 0 rings (SSSR count). The molecule has 0 aromatic heterocycles. The van der Waals surface area contributed by atoms with Gasteiger partial charge in [0, 0.05) is 12.5 Å². The summed E-state index contributed by atoms with van der Waals surface area (Å²) in [6, 6.07) is 0. The van der Waals surface area contributed by atoms with E-state index >= 15 is 0 Å². The topological polar surface area (TPSA) is 43.4 Å². The van der Waals surface area contributed by atoms with E-state index < -0.39 is 11.6 Å². The van der Waals surface area contributed by atoms with Crippen molar-refractivity contribution in [1.29, 1.82) is 0 Å². The van der Waals surface area contributed by atoms with Crippen molar-refractivity contribution in [2.24, 2.45) is 0 Å². The lowest BCUT2D eigenvalue weighted by atomic mass is 10.1. The Balaban J connectivity index is 4.33. The number of rotatable bonds is 3. The molecule has 1 unspecified atom stereocenters. The van der Waals surface area contributed by atoms with Gasteiger partial charge >= 0.3 is 5.97 Å². The molecule has 0 aliphatic rings. The fourth-order valence-corrected chi connectivity index (χ4v) is 0.782. The van der Waals surface area contributed by atoms with Gasteiger partial charge in [0.25, 0.3) is 0 Å². The largest absolute Gasteiger partial charge is 0.447 e. The van der Waals surface area contributed by atoms with Gasteiger partial charge in [-0.3, -0.25) is 9.59 Å². The zero-order chi connectivity index (χ0) is 8.91. The first-order valence-electron chi connectivity index (χ1n) is 2.98. The summed E-state index contributed by atoms with van der Waals surface area (Å²) in [5.74, 6) is -0.519. The van der Waals surface area contributed by atoms with Crippen molar-refractivity contribution in [2.75, 3.05) is 0 Å². The number of halogens is 1. The van der Waals surface area contributed by atoms with Gasteiger partial charge in [-0.25, -0.2) is 0 Å². The molecule has 1 atom stereocenters. The highest BCUT2D eigenvalue weighted by atomic mass is 35.5. The first-order chi connectivity index (χ1) is 5.04. The fourth-order valence-electron chi connectivity index (χ4n) is 0.532. The highest BCUT2D eigenvalue weighted by Crippen LogP contribution is 2.09. The second kappa shape index (κ2) is 4.13. The Bertz CT molecular complexity index is 188. The van der Waals surface area contributed by atoms with Crippen LogP contribution in [0, 0.1) is 0 Å². The molecule has 0 aliphatic carbocycles. The van der Waals surface area contributed by atoms with E-state index in [2.05, 4.69) is 4.74 Å². The quantitative estimate of drug-likeness (QED) is 0.480. The van der Waals surface area contributed by atoms with Crippen molar-refractivity contribution in [3.63, 3.8) is 0 Å². The second-order valence-corrected chi connectivity index (χ2v) is 2.44. The summed E-state index contributed by atoms with van der Waals surface area (Å²) in [7, 11) is 0. The Morgan fingerprint density at radius 3 is 2.45 bits per heavy atom. The third-order valence-electron chi connectivity index (χ3n) is 0.992. The average Bonchev–Trinajstić information content (AvgIpc) is 1.87. The van der Waals surface area contributed by atoms with Crippen LogP contribution in [-0.2, 0) is 14.3 Å². The van der Waals surface area contributed by atoms with Crippen molar-refractivity contribution >= 4 is 23.9 Å². The Morgan fingerprint density at radius 1 is 1.64 bits per heavy atom. The van der Waals surface area contributed by atoms with Crippen molar-refractivity contribution in [3.05, 3.63) is 11.6 Å².